The Balaban J connectivity index is 2.11. The number of hydrogen-bond acceptors (Lipinski definition) is 3. The standard InChI is InChI=1S/C8H11FN2S/c1-5-4-12-8(11-5)7-2-6(9)3-10-7/h4,6-7,10H,2-3H2,1H3. The summed E-state index contributed by atoms with van der Waals surface area (Å²) in [7, 11) is 0. The molecule has 0 bridgehead atoms. The summed E-state index contributed by atoms with van der Waals surface area (Å²) < 4.78 is 12.8. The van der Waals surface area contributed by atoms with Crippen LogP contribution in [0.4, 0.5) is 4.39 Å². The van der Waals surface area contributed by atoms with E-state index in [0.29, 0.717) is 13.0 Å². The van der Waals surface area contributed by atoms with E-state index in [2.05, 4.69) is 10.3 Å². The van der Waals surface area contributed by atoms with Crippen LogP contribution in [0.1, 0.15) is 23.2 Å². The highest BCUT2D eigenvalue weighted by Crippen LogP contribution is 2.27. The van der Waals surface area contributed by atoms with Crippen molar-refractivity contribution in [2.24, 2.45) is 0 Å². The Kier molecular flexibility index (Phi) is 2.11. The largest absolute Gasteiger partial charge is 0.305 e. The molecule has 12 heavy (non-hydrogen) atoms. The van der Waals surface area contributed by atoms with Gasteiger partial charge in [0, 0.05) is 24.0 Å². The number of rotatable bonds is 1. The Morgan fingerprint density at radius 2 is 2.58 bits per heavy atom. The van der Waals surface area contributed by atoms with Gasteiger partial charge in [0.1, 0.15) is 11.2 Å². The molecule has 1 aromatic heterocycles. The first kappa shape index (κ1) is 8.13. The van der Waals surface area contributed by atoms with Gasteiger partial charge < -0.3 is 5.32 Å². The van der Waals surface area contributed by atoms with Crippen LogP contribution in [0.3, 0.4) is 0 Å². The predicted octanol–water partition coefficient (Wildman–Crippen LogP) is 1.82. The van der Waals surface area contributed by atoms with Crippen LogP contribution < -0.4 is 5.32 Å². The van der Waals surface area contributed by atoms with Gasteiger partial charge in [-0.1, -0.05) is 0 Å². The fourth-order valence-electron chi connectivity index (χ4n) is 1.41. The number of nitrogens with zero attached hydrogens (tertiary/aromatic N) is 1. The fraction of sp³-hybridized carbons (Fsp3) is 0.625. The molecule has 0 radical (unpaired) electrons. The van der Waals surface area contributed by atoms with E-state index in [9.17, 15) is 4.39 Å². The molecule has 1 aliphatic rings. The third-order valence-electron chi connectivity index (χ3n) is 2.01. The Morgan fingerprint density at radius 3 is 3.08 bits per heavy atom. The highest BCUT2D eigenvalue weighted by molar-refractivity contribution is 7.09. The van der Waals surface area contributed by atoms with Crippen molar-refractivity contribution in [1.29, 1.82) is 0 Å². The molecule has 1 aromatic rings. The van der Waals surface area contributed by atoms with Crippen molar-refractivity contribution in [3.05, 3.63) is 16.1 Å². The van der Waals surface area contributed by atoms with Gasteiger partial charge in [-0.15, -0.1) is 11.3 Å². The summed E-state index contributed by atoms with van der Waals surface area (Å²) in [5, 5.41) is 6.13. The van der Waals surface area contributed by atoms with Gasteiger partial charge in [-0.2, -0.15) is 0 Å². The minimum absolute atomic E-state index is 0.152. The average Bonchev–Trinajstić information content (AvgIpc) is 2.58. The first-order valence-corrected chi connectivity index (χ1v) is 4.93. The van der Waals surface area contributed by atoms with E-state index in [4.69, 9.17) is 0 Å². The molecule has 1 N–H and O–H groups in total. The number of halogens is 1. The minimum atomic E-state index is -0.695. The highest BCUT2D eigenvalue weighted by atomic mass is 32.1. The van der Waals surface area contributed by atoms with Crippen molar-refractivity contribution in [1.82, 2.24) is 10.3 Å². The second kappa shape index (κ2) is 3.11. The van der Waals surface area contributed by atoms with Crippen LogP contribution in [-0.2, 0) is 0 Å². The second-order valence-electron chi connectivity index (χ2n) is 3.12. The van der Waals surface area contributed by atoms with Gasteiger partial charge in [0.25, 0.3) is 0 Å². The molecule has 0 aliphatic carbocycles. The summed E-state index contributed by atoms with van der Waals surface area (Å²) in [6.07, 6.45) is -0.119. The summed E-state index contributed by atoms with van der Waals surface area (Å²) in [5.74, 6) is 0. The number of thiazole rings is 1. The maximum atomic E-state index is 12.8. The van der Waals surface area contributed by atoms with Crippen LogP contribution in [0.2, 0.25) is 0 Å². The third-order valence-corrected chi connectivity index (χ3v) is 3.09. The predicted molar refractivity (Wildman–Crippen MR) is 47.1 cm³/mol. The van der Waals surface area contributed by atoms with Crippen LogP contribution in [0.25, 0.3) is 0 Å². The summed E-state index contributed by atoms with van der Waals surface area (Å²) in [4.78, 5) is 4.32. The zero-order chi connectivity index (χ0) is 8.55. The first-order valence-electron chi connectivity index (χ1n) is 4.05. The molecule has 2 heterocycles. The van der Waals surface area contributed by atoms with E-state index < -0.39 is 6.17 Å². The molecule has 1 saturated heterocycles. The molecule has 1 aliphatic heterocycles. The van der Waals surface area contributed by atoms with Gasteiger partial charge in [0.15, 0.2) is 0 Å². The molecule has 0 amide bonds. The molecule has 2 nitrogen and oxygen atoms in total. The lowest BCUT2D eigenvalue weighted by Crippen LogP contribution is -2.13. The minimum Gasteiger partial charge on any atom is -0.305 e. The fourth-order valence-corrected chi connectivity index (χ4v) is 2.30. The third kappa shape index (κ3) is 1.49. The molecule has 2 rings (SSSR count). The van der Waals surface area contributed by atoms with Crippen molar-refractivity contribution >= 4 is 11.3 Å². The summed E-state index contributed by atoms with van der Waals surface area (Å²) in [6, 6.07) is 0.152. The number of nitrogens with one attached hydrogen (secondary N) is 1. The highest BCUT2D eigenvalue weighted by Gasteiger charge is 2.26. The lowest BCUT2D eigenvalue weighted by molar-refractivity contribution is 0.356. The zero-order valence-electron chi connectivity index (χ0n) is 6.88. The number of alkyl halides is 1. The van der Waals surface area contributed by atoms with Crippen LogP contribution in [0, 0.1) is 6.92 Å². The molecule has 0 spiro atoms. The van der Waals surface area contributed by atoms with Crippen LogP contribution in [-0.4, -0.2) is 17.7 Å². The molecular weight excluding hydrogens is 175 g/mol. The maximum absolute atomic E-state index is 12.8. The summed E-state index contributed by atoms with van der Waals surface area (Å²) in [6.45, 7) is 2.44. The van der Waals surface area contributed by atoms with Crippen molar-refractivity contribution < 1.29 is 4.39 Å². The van der Waals surface area contributed by atoms with Gasteiger partial charge >= 0.3 is 0 Å². The Labute approximate surface area is 74.8 Å². The normalized spacial score (nSPS) is 29.5. The quantitative estimate of drug-likeness (QED) is 0.723. The van der Waals surface area contributed by atoms with E-state index in [0.717, 1.165) is 10.7 Å². The molecule has 4 heteroatoms. The molecule has 0 saturated carbocycles. The number of aromatic nitrogens is 1. The van der Waals surface area contributed by atoms with Crippen molar-refractivity contribution in [2.45, 2.75) is 25.6 Å². The van der Waals surface area contributed by atoms with Crippen molar-refractivity contribution in [3.63, 3.8) is 0 Å². The molecule has 66 valence electrons. The average molecular weight is 186 g/mol. The van der Waals surface area contributed by atoms with Gasteiger partial charge in [-0.05, 0) is 6.92 Å². The van der Waals surface area contributed by atoms with E-state index in [1.807, 2.05) is 12.3 Å². The van der Waals surface area contributed by atoms with Gasteiger partial charge in [0.2, 0.25) is 0 Å². The summed E-state index contributed by atoms with van der Waals surface area (Å²) in [5.41, 5.74) is 1.03. The summed E-state index contributed by atoms with van der Waals surface area (Å²) >= 11 is 1.61. The molecule has 1 fully saturated rings. The Hall–Kier alpha value is -0.480. The molecule has 2 unspecified atom stereocenters. The maximum Gasteiger partial charge on any atom is 0.114 e. The molecule has 0 aromatic carbocycles. The SMILES string of the molecule is Cc1csc(C2CC(F)CN2)n1. The number of hydrogen-bond donors (Lipinski definition) is 1. The van der Waals surface area contributed by atoms with Gasteiger partial charge in [-0.3, -0.25) is 0 Å². The molecule has 2 atom stereocenters. The zero-order valence-corrected chi connectivity index (χ0v) is 7.70. The van der Waals surface area contributed by atoms with Crippen molar-refractivity contribution in [3.8, 4) is 0 Å². The van der Waals surface area contributed by atoms with E-state index in [-0.39, 0.29) is 6.04 Å². The number of aryl methyl sites for hydroxylation is 1. The van der Waals surface area contributed by atoms with Crippen LogP contribution >= 0.6 is 11.3 Å². The van der Waals surface area contributed by atoms with Crippen LogP contribution in [0.15, 0.2) is 5.38 Å². The van der Waals surface area contributed by atoms with Crippen LogP contribution in [0.5, 0.6) is 0 Å². The molecular formula is C8H11FN2S. The van der Waals surface area contributed by atoms with Gasteiger partial charge in [0.05, 0.1) is 6.04 Å². The van der Waals surface area contributed by atoms with E-state index >= 15 is 0 Å². The smallest absolute Gasteiger partial charge is 0.114 e. The topological polar surface area (TPSA) is 24.9 Å². The monoisotopic (exact) mass is 186 g/mol. The first-order chi connectivity index (χ1) is 5.75. The Morgan fingerprint density at radius 1 is 1.75 bits per heavy atom. The van der Waals surface area contributed by atoms with E-state index in [1.54, 1.807) is 11.3 Å². The van der Waals surface area contributed by atoms with Crippen molar-refractivity contribution in [2.75, 3.05) is 6.54 Å². The lowest BCUT2D eigenvalue weighted by atomic mass is 10.2. The Bertz CT molecular complexity index is 274. The lowest BCUT2D eigenvalue weighted by Gasteiger charge is -2.03. The van der Waals surface area contributed by atoms with E-state index in [1.165, 1.54) is 0 Å². The van der Waals surface area contributed by atoms with Gasteiger partial charge in [-0.25, -0.2) is 9.37 Å². The second-order valence-corrected chi connectivity index (χ2v) is 4.01.